The van der Waals surface area contributed by atoms with Crippen molar-refractivity contribution in [3.8, 4) is 0 Å². The van der Waals surface area contributed by atoms with Crippen LogP contribution in [0.3, 0.4) is 0 Å². The van der Waals surface area contributed by atoms with E-state index in [0.717, 1.165) is 0 Å². The molecule has 1 saturated heterocycles. The Labute approximate surface area is 82.1 Å². The lowest BCUT2D eigenvalue weighted by Gasteiger charge is -2.24. The van der Waals surface area contributed by atoms with Gasteiger partial charge in [-0.3, -0.25) is 0 Å². The smallest absolute Gasteiger partial charge is 0.162 e. The van der Waals surface area contributed by atoms with E-state index in [2.05, 4.69) is 0 Å². The van der Waals surface area contributed by atoms with E-state index in [4.69, 9.17) is 32.7 Å². The van der Waals surface area contributed by atoms with E-state index in [1.54, 1.807) is 0 Å². The van der Waals surface area contributed by atoms with E-state index >= 15 is 0 Å². The lowest BCUT2D eigenvalue weighted by molar-refractivity contribution is -0.206. The highest BCUT2D eigenvalue weighted by Gasteiger charge is 2.64. The van der Waals surface area contributed by atoms with Crippen LogP contribution in [0.25, 0.3) is 0 Å². The van der Waals surface area contributed by atoms with Crippen molar-refractivity contribution in [2.75, 3.05) is 13.2 Å². The summed E-state index contributed by atoms with van der Waals surface area (Å²) in [5.74, 6) is 0.0299. The Balaban J connectivity index is 2.01. The summed E-state index contributed by atoms with van der Waals surface area (Å²) in [6, 6.07) is 0. The summed E-state index contributed by atoms with van der Waals surface area (Å²) < 4.78 is 10.4. The first-order chi connectivity index (χ1) is 5.43. The molecule has 2 atom stereocenters. The van der Waals surface area contributed by atoms with Crippen molar-refractivity contribution in [2.24, 2.45) is 11.8 Å². The molecule has 2 unspecified atom stereocenters. The molecule has 2 nitrogen and oxygen atoms in total. The van der Waals surface area contributed by atoms with Crippen LogP contribution in [0, 0.1) is 11.8 Å². The summed E-state index contributed by atoms with van der Waals surface area (Å²) in [6.07, 6.45) is 0. The molecule has 2 rings (SSSR count). The summed E-state index contributed by atoms with van der Waals surface area (Å²) in [4.78, 5) is 0. The van der Waals surface area contributed by atoms with Gasteiger partial charge in [-0.1, -0.05) is 0 Å². The molecule has 1 saturated carbocycles. The standard InChI is InChI=1S/C8H12Cl2O2/c1-7(2)11-3-5-6(4-12-7)8(5,9)10/h5-6H,3-4H2,1-2H3. The van der Waals surface area contributed by atoms with Crippen molar-refractivity contribution in [3.05, 3.63) is 0 Å². The summed E-state index contributed by atoms with van der Waals surface area (Å²) >= 11 is 12.0. The van der Waals surface area contributed by atoms with Crippen molar-refractivity contribution < 1.29 is 9.47 Å². The summed E-state index contributed by atoms with van der Waals surface area (Å²) in [7, 11) is 0. The van der Waals surface area contributed by atoms with Crippen LogP contribution in [0.5, 0.6) is 0 Å². The Bertz CT molecular complexity index is 183. The highest BCUT2D eigenvalue weighted by molar-refractivity contribution is 6.51. The van der Waals surface area contributed by atoms with Crippen LogP contribution >= 0.6 is 23.2 Å². The van der Waals surface area contributed by atoms with Gasteiger partial charge in [0.25, 0.3) is 0 Å². The quantitative estimate of drug-likeness (QED) is 0.572. The molecule has 0 aromatic carbocycles. The van der Waals surface area contributed by atoms with E-state index in [-0.39, 0.29) is 11.8 Å². The predicted octanol–water partition coefficient (Wildman–Crippen LogP) is 2.19. The highest BCUT2D eigenvalue weighted by atomic mass is 35.5. The van der Waals surface area contributed by atoms with Crippen LogP contribution < -0.4 is 0 Å². The Morgan fingerprint density at radius 1 is 1.08 bits per heavy atom. The minimum absolute atomic E-state index is 0.252. The molecule has 0 aromatic heterocycles. The second-order valence-corrected chi connectivity index (χ2v) is 5.35. The van der Waals surface area contributed by atoms with Gasteiger partial charge in [0.2, 0.25) is 0 Å². The SMILES string of the molecule is CC1(C)OCC2C(CO1)C2(Cl)Cl. The third-order valence-electron chi connectivity index (χ3n) is 2.59. The second kappa shape index (κ2) is 2.50. The van der Waals surface area contributed by atoms with Crippen molar-refractivity contribution in [1.29, 1.82) is 0 Å². The monoisotopic (exact) mass is 210 g/mol. The van der Waals surface area contributed by atoms with Gasteiger partial charge >= 0.3 is 0 Å². The van der Waals surface area contributed by atoms with Gasteiger partial charge in [-0.15, -0.1) is 23.2 Å². The molecule has 1 heterocycles. The van der Waals surface area contributed by atoms with Crippen molar-refractivity contribution in [3.63, 3.8) is 0 Å². The van der Waals surface area contributed by atoms with Gasteiger partial charge in [0.05, 0.1) is 13.2 Å². The topological polar surface area (TPSA) is 18.5 Å². The fourth-order valence-corrected chi connectivity index (χ4v) is 2.27. The van der Waals surface area contributed by atoms with Gasteiger partial charge < -0.3 is 9.47 Å². The number of rotatable bonds is 0. The Kier molecular flexibility index (Phi) is 1.89. The first-order valence-corrected chi connectivity index (χ1v) is 4.85. The number of alkyl halides is 2. The third-order valence-corrected chi connectivity index (χ3v) is 3.71. The third kappa shape index (κ3) is 1.35. The van der Waals surface area contributed by atoms with Gasteiger partial charge in [0.1, 0.15) is 4.33 Å². The van der Waals surface area contributed by atoms with Gasteiger partial charge in [0, 0.05) is 11.8 Å². The molecular formula is C8H12Cl2O2. The normalized spacial score (nSPS) is 43.0. The Morgan fingerprint density at radius 2 is 1.50 bits per heavy atom. The number of hydrogen-bond donors (Lipinski definition) is 0. The molecule has 0 amide bonds. The fourth-order valence-electron chi connectivity index (χ4n) is 1.54. The maximum absolute atomic E-state index is 5.98. The number of hydrogen-bond acceptors (Lipinski definition) is 2. The van der Waals surface area contributed by atoms with Crippen molar-refractivity contribution in [1.82, 2.24) is 0 Å². The molecular weight excluding hydrogens is 199 g/mol. The maximum Gasteiger partial charge on any atom is 0.162 e. The van der Waals surface area contributed by atoms with Crippen LogP contribution in [-0.2, 0) is 9.47 Å². The van der Waals surface area contributed by atoms with Gasteiger partial charge in [-0.2, -0.15) is 0 Å². The lowest BCUT2D eigenvalue weighted by Crippen LogP contribution is -2.29. The Hall–Kier alpha value is 0.500. The maximum atomic E-state index is 5.98. The molecule has 0 spiro atoms. The molecule has 2 fully saturated rings. The van der Waals surface area contributed by atoms with Crippen LogP contribution in [0.15, 0.2) is 0 Å². The molecule has 70 valence electrons. The van der Waals surface area contributed by atoms with E-state index in [1.165, 1.54) is 0 Å². The van der Waals surface area contributed by atoms with Crippen LogP contribution in [0.4, 0.5) is 0 Å². The molecule has 0 aromatic rings. The molecule has 0 N–H and O–H groups in total. The van der Waals surface area contributed by atoms with Gasteiger partial charge in [-0.05, 0) is 13.8 Å². The molecule has 0 radical (unpaired) electrons. The van der Waals surface area contributed by atoms with E-state index in [9.17, 15) is 0 Å². The largest absolute Gasteiger partial charge is 0.350 e. The van der Waals surface area contributed by atoms with Crippen LogP contribution in [-0.4, -0.2) is 23.3 Å². The highest BCUT2D eigenvalue weighted by Crippen LogP contribution is 2.60. The van der Waals surface area contributed by atoms with Crippen LogP contribution in [0.1, 0.15) is 13.8 Å². The summed E-state index contributed by atoms with van der Waals surface area (Å²) in [5.41, 5.74) is 0. The summed E-state index contributed by atoms with van der Waals surface area (Å²) in [5, 5.41) is 0. The first-order valence-electron chi connectivity index (χ1n) is 4.09. The molecule has 1 aliphatic carbocycles. The van der Waals surface area contributed by atoms with Crippen LogP contribution in [0.2, 0.25) is 0 Å². The Morgan fingerprint density at radius 3 is 1.92 bits per heavy atom. The van der Waals surface area contributed by atoms with Gasteiger partial charge in [-0.25, -0.2) is 0 Å². The van der Waals surface area contributed by atoms with Crippen molar-refractivity contribution >= 4 is 23.2 Å². The second-order valence-electron chi connectivity index (χ2n) is 3.91. The van der Waals surface area contributed by atoms with E-state index in [0.29, 0.717) is 13.2 Å². The molecule has 12 heavy (non-hydrogen) atoms. The zero-order valence-corrected chi connectivity index (χ0v) is 8.65. The average Bonchev–Trinajstić information content (AvgIpc) is 2.49. The predicted molar refractivity (Wildman–Crippen MR) is 47.4 cm³/mol. The van der Waals surface area contributed by atoms with E-state index in [1.807, 2.05) is 13.8 Å². The van der Waals surface area contributed by atoms with Crippen molar-refractivity contribution in [2.45, 2.75) is 24.0 Å². The number of fused-ring (bicyclic) bond motifs is 1. The molecule has 2 aliphatic rings. The number of halogens is 2. The lowest BCUT2D eigenvalue weighted by atomic mass is 10.3. The minimum atomic E-state index is -0.601. The molecule has 0 bridgehead atoms. The van der Waals surface area contributed by atoms with Gasteiger partial charge in [0.15, 0.2) is 5.79 Å². The fraction of sp³-hybridized carbons (Fsp3) is 1.00. The van der Waals surface area contributed by atoms with E-state index < -0.39 is 10.1 Å². The first kappa shape index (κ1) is 9.07. The number of ether oxygens (including phenoxy) is 2. The molecule has 4 heteroatoms. The zero-order chi connectivity index (χ0) is 8.98. The minimum Gasteiger partial charge on any atom is -0.350 e. The summed E-state index contributed by atoms with van der Waals surface area (Å²) in [6.45, 7) is 5.01. The zero-order valence-electron chi connectivity index (χ0n) is 7.14. The average molecular weight is 211 g/mol. The molecule has 1 aliphatic heterocycles.